The molecule has 0 aliphatic heterocycles. The van der Waals surface area contributed by atoms with Crippen molar-refractivity contribution in [3.63, 3.8) is 0 Å². The number of rotatable bonds is 6. The lowest BCUT2D eigenvalue weighted by Gasteiger charge is -2.29. The van der Waals surface area contributed by atoms with E-state index in [9.17, 15) is 10.1 Å². The van der Waals surface area contributed by atoms with Gasteiger partial charge >= 0.3 is 5.69 Å². The highest BCUT2D eigenvalue weighted by Crippen LogP contribution is 2.35. The summed E-state index contributed by atoms with van der Waals surface area (Å²) in [7, 11) is 0. The van der Waals surface area contributed by atoms with Gasteiger partial charge in [-0.3, -0.25) is 16.0 Å². The SMILES string of the molecule is CCCC1CCC(Nc2cccc(NN)c2[N+](=O)[O-])CC1. The minimum Gasteiger partial charge on any atom is -0.377 e. The van der Waals surface area contributed by atoms with Crippen molar-refractivity contribution in [1.82, 2.24) is 0 Å². The van der Waals surface area contributed by atoms with Gasteiger partial charge in [-0.1, -0.05) is 25.8 Å². The number of hydrogen-bond acceptors (Lipinski definition) is 5. The third kappa shape index (κ3) is 3.85. The Labute approximate surface area is 125 Å². The van der Waals surface area contributed by atoms with Gasteiger partial charge in [-0.05, 0) is 43.7 Å². The summed E-state index contributed by atoms with van der Waals surface area (Å²) in [6.07, 6.45) is 7.07. The number of nitro groups is 1. The Bertz CT molecular complexity index is 485. The number of benzene rings is 1. The highest BCUT2D eigenvalue weighted by molar-refractivity contribution is 5.76. The summed E-state index contributed by atoms with van der Waals surface area (Å²) in [6, 6.07) is 5.44. The van der Waals surface area contributed by atoms with Crippen LogP contribution in [0.5, 0.6) is 0 Å². The summed E-state index contributed by atoms with van der Waals surface area (Å²) >= 11 is 0. The number of para-hydroxylation sites is 1. The number of hydrogen-bond donors (Lipinski definition) is 3. The predicted octanol–water partition coefficient (Wildman–Crippen LogP) is 3.65. The molecule has 1 fully saturated rings. The molecule has 1 aromatic rings. The molecule has 1 aliphatic carbocycles. The molecular weight excluding hydrogens is 268 g/mol. The molecule has 1 aliphatic rings. The van der Waals surface area contributed by atoms with E-state index in [1.165, 1.54) is 25.7 Å². The predicted molar refractivity (Wildman–Crippen MR) is 85.2 cm³/mol. The zero-order chi connectivity index (χ0) is 15.2. The van der Waals surface area contributed by atoms with Crippen LogP contribution in [0.3, 0.4) is 0 Å². The molecule has 4 N–H and O–H groups in total. The Morgan fingerprint density at radius 2 is 1.95 bits per heavy atom. The lowest BCUT2D eigenvalue weighted by Crippen LogP contribution is -2.26. The van der Waals surface area contributed by atoms with Crippen LogP contribution in [0.1, 0.15) is 45.4 Å². The summed E-state index contributed by atoms with van der Waals surface area (Å²) < 4.78 is 0. The molecule has 0 atom stereocenters. The molecule has 0 aromatic heterocycles. The third-order valence-electron chi connectivity index (χ3n) is 4.28. The van der Waals surface area contributed by atoms with Crippen LogP contribution in [0.25, 0.3) is 0 Å². The first-order valence-electron chi connectivity index (χ1n) is 7.66. The van der Waals surface area contributed by atoms with Gasteiger partial charge in [0.1, 0.15) is 11.4 Å². The first-order valence-corrected chi connectivity index (χ1v) is 7.66. The number of anilines is 2. The average Bonchev–Trinajstić information content (AvgIpc) is 2.49. The molecule has 1 saturated carbocycles. The lowest BCUT2D eigenvalue weighted by molar-refractivity contribution is -0.383. The number of nitro benzene ring substituents is 1. The Hall–Kier alpha value is -1.82. The van der Waals surface area contributed by atoms with Crippen molar-refractivity contribution in [3.8, 4) is 0 Å². The van der Waals surface area contributed by atoms with Crippen LogP contribution in [-0.2, 0) is 0 Å². The zero-order valence-electron chi connectivity index (χ0n) is 12.5. The number of nitrogen functional groups attached to an aromatic ring is 1. The molecule has 6 nitrogen and oxygen atoms in total. The summed E-state index contributed by atoms with van der Waals surface area (Å²) in [5.74, 6) is 6.18. The lowest BCUT2D eigenvalue weighted by atomic mass is 9.83. The quantitative estimate of drug-likeness (QED) is 0.423. The van der Waals surface area contributed by atoms with Crippen molar-refractivity contribution in [2.75, 3.05) is 10.7 Å². The zero-order valence-corrected chi connectivity index (χ0v) is 12.5. The monoisotopic (exact) mass is 292 g/mol. The van der Waals surface area contributed by atoms with Gasteiger partial charge in [0, 0.05) is 6.04 Å². The first kappa shape index (κ1) is 15.6. The van der Waals surface area contributed by atoms with Gasteiger partial charge in [-0.2, -0.15) is 0 Å². The molecule has 21 heavy (non-hydrogen) atoms. The largest absolute Gasteiger partial charge is 0.377 e. The molecule has 0 radical (unpaired) electrons. The second-order valence-electron chi connectivity index (χ2n) is 5.75. The molecule has 116 valence electrons. The van der Waals surface area contributed by atoms with Crippen molar-refractivity contribution in [1.29, 1.82) is 0 Å². The van der Waals surface area contributed by atoms with Gasteiger partial charge in [-0.15, -0.1) is 0 Å². The average molecular weight is 292 g/mol. The smallest absolute Gasteiger partial charge is 0.316 e. The fraction of sp³-hybridized carbons (Fsp3) is 0.600. The van der Waals surface area contributed by atoms with Crippen LogP contribution in [0.2, 0.25) is 0 Å². The second-order valence-corrected chi connectivity index (χ2v) is 5.75. The van der Waals surface area contributed by atoms with Crippen molar-refractivity contribution in [2.24, 2.45) is 11.8 Å². The van der Waals surface area contributed by atoms with E-state index in [0.29, 0.717) is 17.4 Å². The van der Waals surface area contributed by atoms with Crippen LogP contribution in [0.4, 0.5) is 17.1 Å². The van der Waals surface area contributed by atoms with E-state index in [4.69, 9.17) is 5.84 Å². The summed E-state index contributed by atoms with van der Waals surface area (Å²) in [6.45, 7) is 2.22. The van der Waals surface area contributed by atoms with Crippen LogP contribution >= 0.6 is 0 Å². The van der Waals surface area contributed by atoms with Crippen molar-refractivity contribution < 1.29 is 4.92 Å². The standard InChI is InChI=1S/C15H24N4O2/c1-2-4-11-7-9-12(10-8-11)17-13-5-3-6-14(18-16)15(13)19(20)21/h3,5-6,11-12,17-18H,2,4,7-10,16H2,1H3. The van der Waals surface area contributed by atoms with Gasteiger partial charge in [0.25, 0.3) is 0 Å². The topological polar surface area (TPSA) is 93.2 Å². The number of nitrogens with one attached hydrogen (secondary N) is 2. The van der Waals surface area contributed by atoms with Gasteiger partial charge in [0.15, 0.2) is 0 Å². The van der Waals surface area contributed by atoms with Crippen LogP contribution < -0.4 is 16.6 Å². The molecule has 0 bridgehead atoms. The van der Waals surface area contributed by atoms with E-state index in [-0.39, 0.29) is 10.6 Å². The molecular formula is C15H24N4O2. The molecule has 0 spiro atoms. The summed E-state index contributed by atoms with van der Waals surface area (Å²) in [5.41, 5.74) is 3.31. The van der Waals surface area contributed by atoms with Gasteiger partial charge in [-0.25, -0.2) is 0 Å². The molecule has 0 saturated heterocycles. The maximum atomic E-state index is 11.3. The van der Waals surface area contributed by atoms with Crippen LogP contribution in [0.15, 0.2) is 18.2 Å². The van der Waals surface area contributed by atoms with E-state index in [2.05, 4.69) is 17.7 Å². The highest BCUT2D eigenvalue weighted by Gasteiger charge is 2.24. The van der Waals surface area contributed by atoms with Crippen LogP contribution in [0, 0.1) is 16.0 Å². The Balaban J connectivity index is 2.05. The second kappa shape index (κ2) is 7.26. The normalized spacial score (nSPS) is 21.8. The molecule has 0 unspecified atom stereocenters. The molecule has 2 rings (SSSR count). The maximum absolute atomic E-state index is 11.3. The Kier molecular flexibility index (Phi) is 5.38. The minimum atomic E-state index is -0.389. The Morgan fingerprint density at radius 3 is 2.52 bits per heavy atom. The molecule has 1 aromatic carbocycles. The molecule has 0 amide bonds. The van der Waals surface area contributed by atoms with E-state index >= 15 is 0 Å². The van der Waals surface area contributed by atoms with E-state index in [1.807, 2.05) is 0 Å². The first-order chi connectivity index (χ1) is 10.2. The number of hydrazine groups is 1. The molecule has 6 heteroatoms. The maximum Gasteiger partial charge on any atom is 0.316 e. The van der Waals surface area contributed by atoms with Gasteiger partial charge < -0.3 is 10.7 Å². The fourth-order valence-corrected chi connectivity index (χ4v) is 3.20. The van der Waals surface area contributed by atoms with Crippen molar-refractivity contribution >= 4 is 17.1 Å². The van der Waals surface area contributed by atoms with Crippen LogP contribution in [-0.4, -0.2) is 11.0 Å². The van der Waals surface area contributed by atoms with Gasteiger partial charge in [0.2, 0.25) is 0 Å². The van der Waals surface area contributed by atoms with E-state index in [1.54, 1.807) is 18.2 Å². The number of nitrogens with two attached hydrogens (primary N) is 1. The van der Waals surface area contributed by atoms with Crippen molar-refractivity contribution in [3.05, 3.63) is 28.3 Å². The number of nitrogens with zero attached hydrogens (tertiary/aromatic N) is 1. The summed E-state index contributed by atoms with van der Waals surface area (Å²) in [5, 5.41) is 14.6. The van der Waals surface area contributed by atoms with E-state index < -0.39 is 0 Å². The fourth-order valence-electron chi connectivity index (χ4n) is 3.20. The summed E-state index contributed by atoms with van der Waals surface area (Å²) in [4.78, 5) is 10.9. The Morgan fingerprint density at radius 1 is 1.29 bits per heavy atom. The third-order valence-corrected chi connectivity index (χ3v) is 4.28. The highest BCUT2D eigenvalue weighted by atomic mass is 16.6. The van der Waals surface area contributed by atoms with Crippen molar-refractivity contribution in [2.45, 2.75) is 51.5 Å². The molecule has 0 heterocycles. The van der Waals surface area contributed by atoms with Gasteiger partial charge in [0.05, 0.1) is 4.92 Å². The van der Waals surface area contributed by atoms with E-state index in [0.717, 1.165) is 18.8 Å². The minimum absolute atomic E-state index is 0.0238.